The van der Waals surface area contributed by atoms with Crippen LogP contribution < -0.4 is 9.47 Å². The normalized spacial score (nSPS) is 19.2. The molecule has 1 aliphatic rings. The summed E-state index contributed by atoms with van der Waals surface area (Å²) in [6.45, 7) is 0. The predicted molar refractivity (Wildman–Crippen MR) is 68.3 cm³/mol. The van der Waals surface area contributed by atoms with Gasteiger partial charge in [-0.05, 0) is 12.8 Å². The maximum atomic E-state index is 10.6. The number of aliphatic hydroxyl groups is 1. The van der Waals surface area contributed by atoms with Crippen molar-refractivity contribution in [1.29, 1.82) is 0 Å². The van der Waals surface area contributed by atoms with Gasteiger partial charge in [-0.1, -0.05) is 12.8 Å². The second-order valence-electron chi connectivity index (χ2n) is 4.69. The molecule has 1 aliphatic carbocycles. The molecule has 0 amide bonds. The number of methoxy groups -OCH3 is 3. The van der Waals surface area contributed by atoms with Crippen LogP contribution in [0.4, 0.5) is 0 Å². The van der Waals surface area contributed by atoms with E-state index < -0.39 is 11.7 Å². The SMILES string of the molecule is COc1cnc(C(O)C2(OC)CCCC2)c(OC)n1. The molecule has 6 heteroatoms. The highest BCUT2D eigenvalue weighted by Gasteiger charge is 2.43. The number of aliphatic hydroxyl groups excluding tert-OH is 1. The fourth-order valence-corrected chi connectivity index (χ4v) is 2.61. The largest absolute Gasteiger partial charge is 0.480 e. The first-order valence-electron chi connectivity index (χ1n) is 6.35. The van der Waals surface area contributed by atoms with Crippen LogP contribution in [0.2, 0.25) is 0 Å². The topological polar surface area (TPSA) is 73.7 Å². The van der Waals surface area contributed by atoms with Gasteiger partial charge in [0.15, 0.2) is 0 Å². The maximum Gasteiger partial charge on any atom is 0.241 e. The lowest BCUT2D eigenvalue weighted by molar-refractivity contribution is -0.103. The number of ether oxygens (including phenoxy) is 3. The van der Waals surface area contributed by atoms with Crippen molar-refractivity contribution in [2.24, 2.45) is 0 Å². The van der Waals surface area contributed by atoms with Crippen LogP contribution in [-0.2, 0) is 4.74 Å². The minimum absolute atomic E-state index is 0.273. The van der Waals surface area contributed by atoms with E-state index in [1.807, 2.05) is 0 Å². The van der Waals surface area contributed by atoms with E-state index in [1.165, 1.54) is 20.4 Å². The molecule has 0 saturated heterocycles. The minimum atomic E-state index is -0.853. The van der Waals surface area contributed by atoms with Crippen molar-refractivity contribution in [2.75, 3.05) is 21.3 Å². The molecule has 0 aliphatic heterocycles. The molecule has 6 nitrogen and oxygen atoms in total. The lowest BCUT2D eigenvalue weighted by Gasteiger charge is -2.32. The Labute approximate surface area is 112 Å². The monoisotopic (exact) mass is 268 g/mol. The number of rotatable bonds is 5. The fraction of sp³-hybridized carbons (Fsp3) is 0.692. The first-order valence-corrected chi connectivity index (χ1v) is 6.35. The molecule has 0 radical (unpaired) electrons. The lowest BCUT2D eigenvalue weighted by Crippen LogP contribution is -2.36. The van der Waals surface area contributed by atoms with E-state index in [0.29, 0.717) is 11.6 Å². The van der Waals surface area contributed by atoms with Crippen LogP contribution in [0.1, 0.15) is 37.5 Å². The van der Waals surface area contributed by atoms with Gasteiger partial charge in [-0.2, -0.15) is 4.98 Å². The van der Waals surface area contributed by atoms with Gasteiger partial charge in [-0.25, -0.2) is 4.98 Å². The van der Waals surface area contributed by atoms with Crippen molar-refractivity contribution >= 4 is 0 Å². The van der Waals surface area contributed by atoms with E-state index in [1.54, 1.807) is 7.11 Å². The van der Waals surface area contributed by atoms with Crippen LogP contribution in [0.15, 0.2) is 6.20 Å². The molecule has 106 valence electrons. The summed E-state index contributed by atoms with van der Waals surface area (Å²) in [7, 11) is 4.62. The van der Waals surface area contributed by atoms with Crippen molar-refractivity contribution in [3.8, 4) is 11.8 Å². The molecular weight excluding hydrogens is 248 g/mol. The van der Waals surface area contributed by atoms with Crippen LogP contribution >= 0.6 is 0 Å². The first-order chi connectivity index (χ1) is 9.16. The quantitative estimate of drug-likeness (QED) is 0.872. The van der Waals surface area contributed by atoms with Crippen LogP contribution in [0, 0.1) is 0 Å². The molecule has 2 rings (SSSR count). The Hall–Kier alpha value is -1.40. The summed E-state index contributed by atoms with van der Waals surface area (Å²) < 4.78 is 15.8. The van der Waals surface area contributed by atoms with Crippen LogP contribution in [0.3, 0.4) is 0 Å². The average molecular weight is 268 g/mol. The smallest absolute Gasteiger partial charge is 0.241 e. The van der Waals surface area contributed by atoms with E-state index >= 15 is 0 Å². The summed E-state index contributed by atoms with van der Waals surface area (Å²) in [5.41, 5.74) is -0.191. The molecule has 1 heterocycles. The molecule has 1 aromatic heterocycles. The fourth-order valence-electron chi connectivity index (χ4n) is 2.61. The van der Waals surface area contributed by atoms with E-state index in [2.05, 4.69) is 9.97 Å². The molecule has 1 saturated carbocycles. The highest BCUT2D eigenvalue weighted by atomic mass is 16.5. The number of aromatic nitrogens is 2. The van der Waals surface area contributed by atoms with Crippen LogP contribution in [0.5, 0.6) is 11.8 Å². The molecule has 1 N–H and O–H groups in total. The van der Waals surface area contributed by atoms with E-state index in [4.69, 9.17) is 14.2 Å². The summed E-state index contributed by atoms with van der Waals surface area (Å²) in [4.78, 5) is 8.36. The molecule has 0 bridgehead atoms. The summed E-state index contributed by atoms with van der Waals surface area (Å²) in [5, 5.41) is 10.6. The third-order valence-corrected chi connectivity index (χ3v) is 3.76. The zero-order valence-corrected chi connectivity index (χ0v) is 11.5. The van der Waals surface area contributed by atoms with E-state index in [-0.39, 0.29) is 5.88 Å². The van der Waals surface area contributed by atoms with Gasteiger partial charge in [-0.15, -0.1) is 0 Å². The molecule has 1 atom stereocenters. The van der Waals surface area contributed by atoms with Crippen LogP contribution in [-0.4, -0.2) is 42.0 Å². The Balaban J connectivity index is 2.34. The molecule has 1 aromatic rings. The van der Waals surface area contributed by atoms with Gasteiger partial charge in [0, 0.05) is 7.11 Å². The zero-order valence-electron chi connectivity index (χ0n) is 11.5. The lowest BCUT2D eigenvalue weighted by atomic mass is 9.92. The Morgan fingerprint density at radius 3 is 2.42 bits per heavy atom. The Kier molecular flexibility index (Phi) is 4.21. The highest BCUT2D eigenvalue weighted by molar-refractivity contribution is 5.27. The number of nitrogens with zero attached hydrogens (tertiary/aromatic N) is 2. The van der Waals surface area contributed by atoms with Gasteiger partial charge in [0.05, 0.1) is 26.0 Å². The highest BCUT2D eigenvalue weighted by Crippen LogP contribution is 2.43. The standard InChI is InChI=1S/C13H20N2O4/c1-17-9-8-14-10(12(15-9)18-2)11(16)13(19-3)6-4-5-7-13/h8,11,16H,4-7H2,1-3H3. The van der Waals surface area contributed by atoms with Crippen molar-refractivity contribution in [3.05, 3.63) is 11.9 Å². The summed E-state index contributed by atoms with van der Waals surface area (Å²) in [6, 6.07) is 0. The molecule has 1 fully saturated rings. The summed E-state index contributed by atoms with van der Waals surface area (Å²) in [5.74, 6) is 0.626. The van der Waals surface area contributed by atoms with Crippen LogP contribution in [0.25, 0.3) is 0 Å². The third-order valence-electron chi connectivity index (χ3n) is 3.76. The predicted octanol–water partition coefficient (Wildman–Crippen LogP) is 1.49. The number of hydrogen-bond donors (Lipinski definition) is 1. The van der Waals surface area contributed by atoms with Crippen molar-refractivity contribution in [2.45, 2.75) is 37.4 Å². The molecule has 0 spiro atoms. The van der Waals surface area contributed by atoms with Crippen molar-refractivity contribution in [1.82, 2.24) is 9.97 Å². The van der Waals surface area contributed by atoms with Crippen molar-refractivity contribution in [3.63, 3.8) is 0 Å². The summed E-state index contributed by atoms with van der Waals surface area (Å²) in [6.07, 6.45) is 4.31. The average Bonchev–Trinajstić information content (AvgIpc) is 2.95. The van der Waals surface area contributed by atoms with Gasteiger partial charge in [-0.3, -0.25) is 0 Å². The first kappa shape index (κ1) is 14.0. The second kappa shape index (κ2) is 5.71. The van der Waals surface area contributed by atoms with Gasteiger partial charge in [0.25, 0.3) is 0 Å². The maximum absolute atomic E-state index is 10.6. The Morgan fingerprint density at radius 1 is 1.21 bits per heavy atom. The molecule has 0 aromatic carbocycles. The molecular formula is C13H20N2O4. The summed E-state index contributed by atoms with van der Waals surface area (Å²) >= 11 is 0. The van der Waals surface area contributed by atoms with E-state index in [0.717, 1.165) is 25.7 Å². The van der Waals surface area contributed by atoms with Gasteiger partial charge < -0.3 is 19.3 Å². The minimum Gasteiger partial charge on any atom is -0.480 e. The van der Waals surface area contributed by atoms with Gasteiger partial charge >= 0.3 is 0 Å². The second-order valence-corrected chi connectivity index (χ2v) is 4.69. The number of hydrogen-bond acceptors (Lipinski definition) is 6. The molecule has 19 heavy (non-hydrogen) atoms. The Morgan fingerprint density at radius 2 is 1.89 bits per heavy atom. The Bertz CT molecular complexity index is 433. The van der Waals surface area contributed by atoms with E-state index in [9.17, 15) is 5.11 Å². The van der Waals surface area contributed by atoms with Gasteiger partial charge in [0.1, 0.15) is 11.8 Å². The zero-order chi connectivity index (χ0) is 13.9. The molecule has 1 unspecified atom stereocenters. The van der Waals surface area contributed by atoms with Gasteiger partial charge in [0.2, 0.25) is 11.8 Å². The van der Waals surface area contributed by atoms with Crippen molar-refractivity contribution < 1.29 is 19.3 Å². The third kappa shape index (κ3) is 2.50.